The Labute approximate surface area is 181 Å². The molecular weight excluding hydrogens is 416 g/mol. The number of ether oxygens (including phenoxy) is 1. The SMILES string of the molecule is C[C@@H]1COCCN1c1nc(-c2ccnc3[nH]ccc23)nc2c1CN(S(C)(=O)=O)C2(C)C. The summed E-state index contributed by atoms with van der Waals surface area (Å²) in [6.07, 6.45) is 4.82. The van der Waals surface area contributed by atoms with Crippen molar-refractivity contribution in [3.63, 3.8) is 0 Å². The van der Waals surface area contributed by atoms with Gasteiger partial charge in [0.2, 0.25) is 10.0 Å². The maximum absolute atomic E-state index is 12.6. The average Bonchev–Trinajstić information content (AvgIpc) is 3.30. The summed E-state index contributed by atoms with van der Waals surface area (Å²) >= 11 is 0. The third kappa shape index (κ3) is 3.20. The van der Waals surface area contributed by atoms with Gasteiger partial charge >= 0.3 is 0 Å². The van der Waals surface area contributed by atoms with Gasteiger partial charge in [-0.1, -0.05) is 0 Å². The molecule has 5 heterocycles. The van der Waals surface area contributed by atoms with Crippen LogP contribution < -0.4 is 4.90 Å². The first-order chi connectivity index (χ1) is 14.7. The summed E-state index contributed by atoms with van der Waals surface area (Å²) in [7, 11) is -3.43. The first-order valence-corrected chi connectivity index (χ1v) is 12.2. The number of rotatable bonds is 3. The molecule has 0 aromatic carbocycles. The van der Waals surface area contributed by atoms with Crippen LogP contribution in [-0.2, 0) is 26.8 Å². The van der Waals surface area contributed by atoms with E-state index in [2.05, 4.69) is 21.8 Å². The lowest BCUT2D eigenvalue weighted by Gasteiger charge is -2.35. The number of nitrogens with one attached hydrogen (secondary N) is 1. The van der Waals surface area contributed by atoms with Crippen LogP contribution >= 0.6 is 0 Å². The van der Waals surface area contributed by atoms with E-state index in [1.165, 1.54) is 10.6 Å². The van der Waals surface area contributed by atoms with Crippen LogP contribution in [0.1, 0.15) is 32.0 Å². The van der Waals surface area contributed by atoms with Crippen molar-refractivity contribution in [1.82, 2.24) is 24.2 Å². The smallest absolute Gasteiger partial charge is 0.212 e. The molecule has 2 aliphatic rings. The van der Waals surface area contributed by atoms with E-state index in [1.807, 2.05) is 32.2 Å². The lowest BCUT2D eigenvalue weighted by Crippen LogP contribution is -2.44. The number of aromatic nitrogens is 4. The van der Waals surface area contributed by atoms with Crippen molar-refractivity contribution in [3.05, 3.63) is 35.8 Å². The lowest BCUT2D eigenvalue weighted by molar-refractivity contribution is 0.0984. The molecule has 1 fully saturated rings. The maximum atomic E-state index is 12.6. The quantitative estimate of drug-likeness (QED) is 0.663. The highest BCUT2D eigenvalue weighted by atomic mass is 32.2. The minimum atomic E-state index is -3.43. The Balaban J connectivity index is 1.76. The van der Waals surface area contributed by atoms with E-state index in [-0.39, 0.29) is 12.6 Å². The normalized spacial score (nSPS) is 21.5. The van der Waals surface area contributed by atoms with Crippen LogP contribution in [0.15, 0.2) is 24.5 Å². The summed E-state index contributed by atoms with van der Waals surface area (Å²) in [4.78, 5) is 19.6. The topological polar surface area (TPSA) is 104 Å². The predicted octanol–water partition coefficient (Wildman–Crippen LogP) is 2.26. The molecule has 1 atom stereocenters. The molecule has 31 heavy (non-hydrogen) atoms. The molecule has 0 amide bonds. The molecule has 1 saturated heterocycles. The maximum Gasteiger partial charge on any atom is 0.212 e. The highest BCUT2D eigenvalue weighted by Gasteiger charge is 2.46. The van der Waals surface area contributed by atoms with Gasteiger partial charge in [-0.25, -0.2) is 23.4 Å². The molecule has 0 unspecified atom stereocenters. The van der Waals surface area contributed by atoms with Crippen LogP contribution in [0.25, 0.3) is 22.4 Å². The van der Waals surface area contributed by atoms with Crippen LogP contribution in [0.3, 0.4) is 0 Å². The van der Waals surface area contributed by atoms with Gasteiger partial charge in [0, 0.05) is 42.0 Å². The van der Waals surface area contributed by atoms with Crippen LogP contribution in [0, 0.1) is 0 Å². The molecule has 10 heteroatoms. The Kier molecular flexibility index (Phi) is 4.58. The molecule has 2 aliphatic heterocycles. The molecule has 9 nitrogen and oxygen atoms in total. The fourth-order valence-corrected chi connectivity index (χ4v) is 5.95. The standard InChI is InChI=1S/C21H26N6O3S/c1-13-12-30-10-9-26(13)20-16-11-27(31(4,28)29)21(2,3)17(16)24-19(25-20)15-6-8-23-18-14(15)5-7-22-18/h5-8,13H,9-12H2,1-4H3,(H,22,23)/t13-/m1/s1. The molecule has 0 saturated carbocycles. The van der Waals surface area contributed by atoms with Crippen LogP contribution in [0.5, 0.6) is 0 Å². The van der Waals surface area contributed by atoms with E-state index in [0.717, 1.165) is 33.7 Å². The van der Waals surface area contributed by atoms with Crippen LogP contribution in [-0.4, -0.2) is 64.7 Å². The Morgan fingerprint density at radius 2 is 2.06 bits per heavy atom. The van der Waals surface area contributed by atoms with Gasteiger partial charge in [-0.3, -0.25) is 0 Å². The molecule has 0 aliphatic carbocycles. The van der Waals surface area contributed by atoms with Gasteiger partial charge < -0.3 is 14.6 Å². The molecule has 0 spiro atoms. The van der Waals surface area contributed by atoms with Gasteiger partial charge in [-0.15, -0.1) is 0 Å². The molecular formula is C21H26N6O3S. The van der Waals surface area contributed by atoms with E-state index in [4.69, 9.17) is 14.7 Å². The van der Waals surface area contributed by atoms with E-state index in [9.17, 15) is 8.42 Å². The van der Waals surface area contributed by atoms with Crippen molar-refractivity contribution >= 4 is 26.9 Å². The van der Waals surface area contributed by atoms with Crippen LogP contribution in [0.2, 0.25) is 0 Å². The highest BCUT2D eigenvalue weighted by Crippen LogP contribution is 2.44. The summed E-state index contributed by atoms with van der Waals surface area (Å²) in [6, 6.07) is 3.99. The molecule has 0 bridgehead atoms. The van der Waals surface area contributed by atoms with Gasteiger partial charge in [-0.2, -0.15) is 4.31 Å². The Morgan fingerprint density at radius 1 is 1.26 bits per heavy atom. The van der Waals surface area contributed by atoms with Crippen LogP contribution in [0.4, 0.5) is 5.82 Å². The Morgan fingerprint density at radius 3 is 2.81 bits per heavy atom. The number of nitrogens with zero attached hydrogens (tertiary/aromatic N) is 5. The zero-order chi connectivity index (χ0) is 22.0. The second kappa shape index (κ2) is 6.98. The first kappa shape index (κ1) is 20.3. The van der Waals surface area contributed by atoms with Gasteiger partial charge in [0.05, 0.1) is 36.7 Å². The monoisotopic (exact) mass is 442 g/mol. The molecule has 3 aromatic heterocycles. The molecule has 164 valence electrons. The lowest BCUT2D eigenvalue weighted by atomic mass is 10.00. The van der Waals surface area contributed by atoms with E-state index >= 15 is 0 Å². The molecule has 5 rings (SSSR count). The number of pyridine rings is 1. The van der Waals surface area contributed by atoms with Crippen molar-refractivity contribution < 1.29 is 13.2 Å². The Bertz CT molecular complexity index is 1270. The van der Waals surface area contributed by atoms with Crippen molar-refractivity contribution in [1.29, 1.82) is 0 Å². The summed E-state index contributed by atoms with van der Waals surface area (Å²) in [5.41, 5.74) is 2.46. The number of hydrogen-bond donors (Lipinski definition) is 1. The fraction of sp³-hybridized carbons (Fsp3) is 0.476. The number of fused-ring (bicyclic) bond motifs is 2. The fourth-order valence-electron chi connectivity index (χ4n) is 4.67. The second-order valence-electron chi connectivity index (χ2n) is 8.74. The summed E-state index contributed by atoms with van der Waals surface area (Å²) in [6.45, 7) is 8.07. The zero-order valence-electron chi connectivity index (χ0n) is 18.1. The van der Waals surface area contributed by atoms with E-state index in [0.29, 0.717) is 25.6 Å². The second-order valence-corrected chi connectivity index (χ2v) is 10.6. The molecule has 0 radical (unpaired) electrons. The predicted molar refractivity (Wildman–Crippen MR) is 118 cm³/mol. The third-order valence-electron chi connectivity index (χ3n) is 6.23. The van der Waals surface area contributed by atoms with Gasteiger partial charge in [0.15, 0.2) is 5.82 Å². The zero-order valence-corrected chi connectivity index (χ0v) is 18.9. The number of sulfonamides is 1. The summed E-state index contributed by atoms with van der Waals surface area (Å²) < 4.78 is 32.3. The van der Waals surface area contributed by atoms with Gasteiger partial charge in [-0.05, 0) is 32.9 Å². The first-order valence-electron chi connectivity index (χ1n) is 10.3. The van der Waals surface area contributed by atoms with E-state index in [1.54, 1.807) is 6.20 Å². The van der Waals surface area contributed by atoms with Gasteiger partial charge in [0.1, 0.15) is 11.5 Å². The summed E-state index contributed by atoms with van der Waals surface area (Å²) in [5, 5.41) is 0.930. The number of anilines is 1. The minimum Gasteiger partial charge on any atom is -0.377 e. The number of aromatic amines is 1. The average molecular weight is 443 g/mol. The van der Waals surface area contributed by atoms with Gasteiger partial charge in [0.25, 0.3) is 0 Å². The largest absolute Gasteiger partial charge is 0.377 e. The van der Waals surface area contributed by atoms with Crippen molar-refractivity contribution in [2.75, 3.05) is 30.9 Å². The summed E-state index contributed by atoms with van der Waals surface area (Å²) in [5.74, 6) is 1.36. The highest BCUT2D eigenvalue weighted by molar-refractivity contribution is 7.88. The van der Waals surface area contributed by atoms with E-state index < -0.39 is 15.6 Å². The van der Waals surface area contributed by atoms with Crippen molar-refractivity contribution in [2.45, 2.75) is 38.9 Å². The number of H-pyrrole nitrogens is 1. The number of morpholine rings is 1. The Hall–Kier alpha value is -2.56. The molecule has 3 aromatic rings. The third-order valence-corrected chi connectivity index (χ3v) is 7.62. The minimum absolute atomic E-state index is 0.126. The van der Waals surface area contributed by atoms with Crippen molar-refractivity contribution in [3.8, 4) is 11.4 Å². The molecule has 1 N–H and O–H groups in total. The van der Waals surface area contributed by atoms with Crippen molar-refractivity contribution in [2.24, 2.45) is 0 Å². The number of hydrogen-bond acceptors (Lipinski definition) is 7.